The zero-order chi connectivity index (χ0) is 56.4. The minimum Gasteiger partial charge on any atom is -0.462 e. The monoisotopic (exact) mass is 1090 g/mol. The molecule has 0 heterocycles. The van der Waals surface area contributed by atoms with E-state index in [1.54, 1.807) is 0 Å². The van der Waals surface area contributed by atoms with Gasteiger partial charge < -0.3 is 14.2 Å². The molecule has 0 aliphatic rings. The summed E-state index contributed by atoms with van der Waals surface area (Å²) in [7, 11) is 0. The number of carbonyl (C=O) groups excluding carboxylic acids is 3. The van der Waals surface area contributed by atoms with Crippen molar-refractivity contribution in [2.45, 2.75) is 341 Å². The van der Waals surface area contributed by atoms with Crippen LogP contribution in [0.5, 0.6) is 0 Å². The van der Waals surface area contributed by atoms with Gasteiger partial charge in [-0.25, -0.2) is 0 Å². The highest BCUT2D eigenvalue weighted by Gasteiger charge is 2.19. The Labute approximate surface area is 484 Å². The maximum atomic E-state index is 12.9. The molecule has 0 saturated heterocycles. The highest BCUT2D eigenvalue weighted by molar-refractivity contribution is 5.71. The van der Waals surface area contributed by atoms with Crippen LogP contribution in [0.25, 0.3) is 0 Å². The molecule has 0 N–H and O–H groups in total. The molecule has 0 aromatic heterocycles. The van der Waals surface area contributed by atoms with Crippen molar-refractivity contribution in [3.05, 3.63) is 85.1 Å². The lowest BCUT2D eigenvalue weighted by atomic mass is 10.0. The van der Waals surface area contributed by atoms with Crippen molar-refractivity contribution < 1.29 is 28.6 Å². The third-order valence-electron chi connectivity index (χ3n) is 14.6. The number of esters is 3. The van der Waals surface area contributed by atoms with Crippen molar-refractivity contribution in [3.63, 3.8) is 0 Å². The molecule has 450 valence electrons. The summed E-state index contributed by atoms with van der Waals surface area (Å²) in [5, 5.41) is 0. The molecule has 0 aliphatic heterocycles. The smallest absolute Gasteiger partial charge is 0.306 e. The van der Waals surface area contributed by atoms with Crippen LogP contribution in [0.15, 0.2) is 85.1 Å². The summed E-state index contributed by atoms with van der Waals surface area (Å²) >= 11 is 0. The minimum absolute atomic E-state index is 0.0772. The molecule has 0 rings (SSSR count). The average Bonchev–Trinajstić information content (AvgIpc) is 3.44. The van der Waals surface area contributed by atoms with Gasteiger partial charge in [-0.1, -0.05) is 305 Å². The normalized spacial score (nSPS) is 12.6. The molecular formula is C72H126O6. The molecule has 0 fully saturated rings. The van der Waals surface area contributed by atoms with Crippen molar-refractivity contribution in [3.8, 4) is 0 Å². The van der Waals surface area contributed by atoms with Crippen LogP contribution in [-0.2, 0) is 28.6 Å². The molecule has 0 bridgehead atoms. The highest BCUT2D eigenvalue weighted by atomic mass is 16.6. The molecule has 0 aliphatic carbocycles. The van der Waals surface area contributed by atoms with Gasteiger partial charge in [-0.05, 0) is 96.3 Å². The lowest BCUT2D eigenvalue weighted by Crippen LogP contribution is -2.30. The fourth-order valence-electron chi connectivity index (χ4n) is 9.62. The Bertz CT molecular complexity index is 1480. The van der Waals surface area contributed by atoms with Gasteiger partial charge in [0.25, 0.3) is 0 Å². The number of hydrogen-bond donors (Lipinski definition) is 0. The van der Waals surface area contributed by atoms with E-state index in [9.17, 15) is 14.4 Å². The van der Waals surface area contributed by atoms with Crippen LogP contribution >= 0.6 is 0 Å². The van der Waals surface area contributed by atoms with Gasteiger partial charge >= 0.3 is 17.9 Å². The molecule has 78 heavy (non-hydrogen) atoms. The van der Waals surface area contributed by atoms with Gasteiger partial charge in [0.05, 0.1) is 0 Å². The number of unbranched alkanes of at least 4 members (excludes halogenated alkanes) is 36. The number of rotatable bonds is 61. The molecule has 0 aromatic rings. The van der Waals surface area contributed by atoms with Crippen molar-refractivity contribution >= 4 is 17.9 Å². The first-order valence-electron chi connectivity index (χ1n) is 33.6. The van der Waals surface area contributed by atoms with E-state index in [1.807, 2.05) is 0 Å². The Hall–Kier alpha value is -3.41. The third-order valence-corrected chi connectivity index (χ3v) is 14.6. The maximum absolute atomic E-state index is 12.9. The molecule has 6 nitrogen and oxygen atoms in total. The van der Waals surface area contributed by atoms with Gasteiger partial charge in [0.2, 0.25) is 0 Å². The first kappa shape index (κ1) is 74.6. The SMILES string of the molecule is CC/C=C\C/C=C\C/C=C\C/C=C\CCCCCCCCCCCCCCCCCCCCCCC(=O)OCC(COC(=O)CCCCCCCCCC)OC(=O)CCCCCCCC/C=C\C/C=C\C/C=C\CCCCC. The Morgan fingerprint density at radius 1 is 0.269 bits per heavy atom. The van der Waals surface area contributed by atoms with Gasteiger partial charge in [-0.3, -0.25) is 14.4 Å². The summed E-state index contributed by atoms with van der Waals surface area (Å²) in [4.78, 5) is 38.2. The second kappa shape index (κ2) is 66.1. The van der Waals surface area contributed by atoms with Gasteiger partial charge in [-0.2, -0.15) is 0 Å². The molecule has 1 atom stereocenters. The third kappa shape index (κ3) is 63.4. The summed E-state index contributed by atoms with van der Waals surface area (Å²) in [5.74, 6) is -0.879. The largest absolute Gasteiger partial charge is 0.462 e. The number of allylic oxidation sites excluding steroid dienone is 14. The van der Waals surface area contributed by atoms with E-state index in [2.05, 4.69) is 106 Å². The highest BCUT2D eigenvalue weighted by Crippen LogP contribution is 2.17. The minimum atomic E-state index is -0.779. The van der Waals surface area contributed by atoms with Crippen LogP contribution in [-0.4, -0.2) is 37.2 Å². The Morgan fingerprint density at radius 3 is 0.808 bits per heavy atom. The molecule has 0 amide bonds. The number of hydrogen-bond acceptors (Lipinski definition) is 6. The summed E-state index contributed by atoms with van der Waals surface area (Å²) in [6, 6.07) is 0. The van der Waals surface area contributed by atoms with E-state index < -0.39 is 6.10 Å². The Balaban J connectivity index is 4.06. The molecule has 0 saturated carbocycles. The van der Waals surface area contributed by atoms with Crippen LogP contribution < -0.4 is 0 Å². The zero-order valence-electron chi connectivity index (χ0n) is 51.7. The van der Waals surface area contributed by atoms with Crippen LogP contribution in [0.4, 0.5) is 0 Å². The van der Waals surface area contributed by atoms with E-state index in [-0.39, 0.29) is 31.1 Å². The summed E-state index contributed by atoms with van der Waals surface area (Å²) in [5.41, 5.74) is 0. The Morgan fingerprint density at radius 2 is 0.500 bits per heavy atom. The first-order valence-corrected chi connectivity index (χ1v) is 33.6. The van der Waals surface area contributed by atoms with Crippen molar-refractivity contribution in [2.24, 2.45) is 0 Å². The number of ether oxygens (including phenoxy) is 3. The fourth-order valence-corrected chi connectivity index (χ4v) is 9.62. The van der Waals surface area contributed by atoms with E-state index >= 15 is 0 Å². The molecular weight excluding hydrogens is 961 g/mol. The van der Waals surface area contributed by atoms with Gasteiger partial charge in [-0.15, -0.1) is 0 Å². The quantitative estimate of drug-likeness (QED) is 0.0261. The average molecular weight is 1090 g/mol. The molecule has 6 heteroatoms. The standard InChI is InChI=1S/C72H126O6/c1-4-7-10-13-16-19-21-23-25-27-29-30-31-32-33-34-35-36-37-38-39-40-41-42-44-45-47-49-51-53-56-59-62-65-71(74)77-68-69(67-76-70(73)64-61-58-55-18-15-12-9-6-3)78-72(75)66-63-60-57-54-52-50-48-46-43-28-26-24-22-20-17-14-11-8-5-2/h7,10,16-17,19-20,23-26,29-30,43,46,69H,4-6,8-9,11-15,18,21-22,27-28,31-42,44-45,47-68H2,1-3H3/b10-7-,19-16-,20-17-,25-23-,26-24-,30-29-,46-43-. The predicted molar refractivity (Wildman–Crippen MR) is 339 cm³/mol. The van der Waals surface area contributed by atoms with Crippen molar-refractivity contribution in [2.75, 3.05) is 13.2 Å². The summed E-state index contributed by atoms with van der Waals surface area (Å²) in [6.45, 7) is 6.49. The molecule has 0 aromatic carbocycles. The van der Waals surface area contributed by atoms with Crippen molar-refractivity contribution in [1.82, 2.24) is 0 Å². The van der Waals surface area contributed by atoms with Gasteiger partial charge in [0.15, 0.2) is 6.10 Å². The summed E-state index contributed by atoms with van der Waals surface area (Å²) < 4.78 is 16.9. The molecule has 0 radical (unpaired) electrons. The second-order valence-electron chi connectivity index (χ2n) is 22.4. The lowest BCUT2D eigenvalue weighted by molar-refractivity contribution is -0.167. The van der Waals surface area contributed by atoms with Gasteiger partial charge in [0, 0.05) is 19.3 Å². The number of carbonyl (C=O) groups is 3. The van der Waals surface area contributed by atoms with Crippen LogP contribution in [0.2, 0.25) is 0 Å². The van der Waals surface area contributed by atoms with Gasteiger partial charge in [0.1, 0.15) is 13.2 Å². The molecule has 0 spiro atoms. The first-order chi connectivity index (χ1) is 38.5. The second-order valence-corrected chi connectivity index (χ2v) is 22.4. The topological polar surface area (TPSA) is 78.9 Å². The van der Waals surface area contributed by atoms with E-state index in [0.717, 1.165) is 109 Å². The fraction of sp³-hybridized carbons (Fsp3) is 0.764. The maximum Gasteiger partial charge on any atom is 0.306 e. The van der Waals surface area contributed by atoms with E-state index in [1.165, 1.54) is 186 Å². The van der Waals surface area contributed by atoms with E-state index in [4.69, 9.17) is 14.2 Å². The van der Waals surface area contributed by atoms with Crippen LogP contribution in [0.3, 0.4) is 0 Å². The van der Waals surface area contributed by atoms with Crippen LogP contribution in [0.1, 0.15) is 335 Å². The lowest BCUT2D eigenvalue weighted by Gasteiger charge is -2.18. The van der Waals surface area contributed by atoms with Crippen LogP contribution in [0, 0.1) is 0 Å². The summed E-state index contributed by atoms with van der Waals surface area (Å²) in [6.07, 6.45) is 87.7. The molecule has 1 unspecified atom stereocenters. The predicted octanol–water partition coefficient (Wildman–Crippen LogP) is 23.1. The zero-order valence-corrected chi connectivity index (χ0v) is 51.7. The van der Waals surface area contributed by atoms with E-state index in [0.29, 0.717) is 19.3 Å². The van der Waals surface area contributed by atoms with Crippen molar-refractivity contribution in [1.29, 1.82) is 0 Å². The Kier molecular flexibility index (Phi) is 63.2.